The number of tetrazole rings is 1. The predicted molar refractivity (Wildman–Crippen MR) is 76.7 cm³/mol. The van der Waals surface area contributed by atoms with Crippen LogP contribution in [0.5, 0.6) is 0 Å². The minimum Gasteiger partial charge on any atom is -0.307 e. The Labute approximate surface area is 128 Å². The van der Waals surface area contributed by atoms with Gasteiger partial charge >= 0.3 is 0 Å². The van der Waals surface area contributed by atoms with Gasteiger partial charge < -0.3 is 5.32 Å². The van der Waals surface area contributed by atoms with Gasteiger partial charge in [-0.05, 0) is 35.4 Å². The molecule has 5 nitrogen and oxygen atoms in total. The van der Waals surface area contributed by atoms with Gasteiger partial charge in [0, 0.05) is 10.5 Å². The summed E-state index contributed by atoms with van der Waals surface area (Å²) in [6.45, 7) is 0.598. The van der Waals surface area contributed by atoms with Crippen molar-refractivity contribution < 1.29 is 0 Å². The van der Waals surface area contributed by atoms with E-state index >= 15 is 0 Å². The molecule has 1 aliphatic carbocycles. The second-order valence-corrected chi connectivity index (χ2v) is 6.11. The molecule has 0 spiro atoms. The maximum absolute atomic E-state index is 6.22. The molecule has 1 fully saturated rings. The van der Waals surface area contributed by atoms with Gasteiger partial charge in [0.1, 0.15) is 5.69 Å². The van der Waals surface area contributed by atoms with Crippen molar-refractivity contribution in [2.24, 2.45) is 0 Å². The lowest BCUT2D eigenvalue weighted by molar-refractivity contribution is 0.638. The van der Waals surface area contributed by atoms with E-state index in [-0.39, 0.29) is 0 Å². The maximum atomic E-state index is 6.22. The molecule has 100 valence electrons. The summed E-state index contributed by atoms with van der Waals surface area (Å²) in [4.78, 5) is 0. The van der Waals surface area contributed by atoms with Gasteiger partial charge in [-0.3, -0.25) is 0 Å². The fourth-order valence-corrected chi connectivity index (χ4v) is 3.12. The van der Waals surface area contributed by atoms with E-state index in [0.29, 0.717) is 34.1 Å². The lowest BCUT2D eigenvalue weighted by Crippen LogP contribution is -2.19. The predicted octanol–water partition coefficient (Wildman–Crippen LogP) is 2.98. The fourth-order valence-electron chi connectivity index (χ4n) is 1.75. The van der Waals surface area contributed by atoms with Gasteiger partial charge in [-0.2, -0.15) is 4.68 Å². The van der Waals surface area contributed by atoms with Crippen molar-refractivity contribution in [1.29, 1.82) is 0 Å². The lowest BCUT2D eigenvalue weighted by Gasteiger charge is -2.09. The van der Waals surface area contributed by atoms with Gasteiger partial charge in [0.2, 0.25) is 0 Å². The third-order valence-corrected chi connectivity index (χ3v) is 3.89. The first-order chi connectivity index (χ1) is 9.15. The van der Waals surface area contributed by atoms with Crippen LogP contribution in [0, 0.1) is 0 Å². The molecule has 0 amide bonds. The molecule has 1 heterocycles. The summed E-state index contributed by atoms with van der Waals surface area (Å²) >= 11 is 15.8. The average Bonchev–Trinajstić information content (AvgIpc) is 3.06. The molecule has 1 aromatic carbocycles. The van der Waals surface area contributed by atoms with E-state index in [1.165, 1.54) is 12.8 Å². The van der Waals surface area contributed by atoms with E-state index in [1.807, 2.05) is 0 Å². The first kappa shape index (κ1) is 13.3. The summed E-state index contributed by atoms with van der Waals surface area (Å²) in [5, 5.41) is 16.0. The standard InChI is InChI=1S/C11H10BrCl2N5/c12-6-3-8(13)11(9(14)4-6)19-10(16-17-18-19)5-15-7-1-2-7/h3-4,7,15H,1-2,5H2. The first-order valence-corrected chi connectivity index (χ1v) is 7.35. The van der Waals surface area contributed by atoms with Crippen molar-refractivity contribution >= 4 is 39.1 Å². The molecule has 1 N–H and O–H groups in total. The van der Waals surface area contributed by atoms with Gasteiger partial charge in [0.15, 0.2) is 5.82 Å². The van der Waals surface area contributed by atoms with Gasteiger partial charge in [-0.15, -0.1) is 5.10 Å². The Balaban J connectivity index is 1.95. The SMILES string of the molecule is Clc1cc(Br)cc(Cl)c1-n1nnnc1CNC1CC1. The molecule has 2 aromatic rings. The summed E-state index contributed by atoms with van der Waals surface area (Å²) in [7, 11) is 0. The van der Waals surface area contributed by atoms with Crippen LogP contribution in [0.15, 0.2) is 16.6 Å². The van der Waals surface area contributed by atoms with Crippen molar-refractivity contribution in [2.75, 3.05) is 0 Å². The number of hydrogen-bond donors (Lipinski definition) is 1. The second-order valence-electron chi connectivity index (χ2n) is 4.38. The number of hydrogen-bond acceptors (Lipinski definition) is 4. The quantitative estimate of drug-likeness (QED) is 0.908. The number of benzene rings is 1. The number of nitrogens with one attached hydrogen (secondary N) is 1. The lowest BCUT2D eigenvalue weighted by atomic mass is 10.3. The number of rotatable bonds is 4. The van der Waals surface area contributed by atoms with Crippen LogP contribution in [0.3, 0.4) is 0 Å². The number of halogens is 3. The molecule has 19 heavy (non-hydrogen) atoms. The Bertz CT molecular complexity index is 588. The molecular formula is C11H10BrCl2N5. The van der Waals surface area contributed by atoms with Crippen molar-refractivity contribution in [1.82, 2.24) is 25.5 Å². The normalized spacial score (nSPS) is 14.9. The van der Waals surface area contributed by atoms with Crippen molar-refractivity contribution in [2.45, 2.75) is 25.4 Å². The Morgan fingerprint density at radius 2 is 2.00 bits per heavy atom. The molecular weight excluding hydrogens is 353 g/mol. The molecule has 0 saturated heterocycles. The zero-order chi connectivity index (χ0) is 13.4. The molecule has 1 aromatic heterocycles. The van der Waals surface area contributed by atoms with Gasteiger partial charge in [0.05, 0.1) is 16.6 Å². The highest BCUT2D eigenvalue weighted by Crippen LogP contribution is 2.32. The van der Waals surface area contributed by atoms with Crippen LogP contribution in [0.1, 0.15) is 18.7 Å². The van der Waals surface area contributed by atoms with Crippen LogP contribution >= 0.6 is 39.1 Å². The van der Waals surface area contributed by atoms with E-state index in [1.54, 1.807) is 16.8 Å². The van der Waals surface area contributed by atoms with Crippen LogP contribution in [0.25, 0.3) is 5.69 Å². The molecule has 1 aliphatic rings. The summed E-state index contributed by atoms with van der Waals surface area (Å²) in [6.07, 6.45) is 2.42. The maximum Gasteiger partial charge on any atom is 0.170 e. The minimum atomic E-state index is 0.499. The fraction of sp³-hybridized carbons (Fsp3) is 0.364. The van der Waals surface area contributed by atoms with Crippen LogP contribution in [-0.4, -0.2) is 26.2 Å². The largest absolute Gasteiger partial charge is 0.307 e. The monoisotopic (exact) mass is 361 g/mol. The van der Waals surface area contributed by atoms with E-state index in [4.69, 9.17) is 23.2 Å². The molecule has 0 unspecified atom stereocenters. The Morgan fingerprint density at radius 1 is 1.32 bits per heavy atom. The zero-order valence-corrected chi connectivity index (χ0v) is 12.9. The third kappa shape index (κ3) is 2.91. The molecule has 1 saturated carbocycles. The average molecular weight is 363 g/mol. The Kier molecular flexibility index (Phi) is 3.75. The van der Waals surface area contributed by atoms with Gasteiger partial charge in [-0.25, -0.2) is 0 Å². The molecule has 0 atom stereocenters. The van der Waals surface area contributed by atoms with E-state index in [0.717, 1.165) is 4.47 Å². The summed E-state index contributed by atoms with van der Waals surface area (Å²) in [5.41, 5.74) is 0.601. The highest BCUT2D eigenvalue weighted by molar-refractivity contribution is 9.10. The second kappa shape index (κ2) is 5.36. The highest BCUT2D eigenvalue weighted by atomic mass is 79.9. The van der Waals surface area contributed by atoms with Crippen molar-refractivity contribution in [3.8, 4) is 5.69 Å². The van der Waals surface area contributed by atoms with Gasteiger partial charge in [0.25, 0.3) is 0 Å². The van der Waals surface area contributed by atoms with Crippen molar-refractivity contribution in [3.05, 3.63) is 32.5 Å². The summed E-state index contributed by atoms with van der Waals surface area (Å²) in [5.74, 6) is 0.693. The Morgan fingerprint density at radius 3 is 2.63 bits per heavy atom. The molecule has 8 heteroatoms. The topological polar surface area (TPSA) is 55.6 Å². The van der Waals surface area contributed by atoms with E-state index in [2.05, 4.69) is 36.8 Å². The van der Waals surface area contributed by atoms with E-state index in [9.17, 15) is 0 Å². The molecule has 0 bridgehead atoms. The van der Waals surface area contributed by atoms with Gasteiger partial charge in [-0.1, -0.05) is 39.1 Å². The first-order valence-electron chi connectivity index (χ1n) is 5.80. The third-order valence-electron chi connectivity index (χ3n) is 2.85. The van der Waals surface area contributed by atoms with E-state index < -0.39 is 0 Å². The summed E-state index contributed by atoms with van der Waals surface area (Å²) < 4.78 is 2.39. The van der Waals surface area contributed by atoms with Crippen LogP contribution in [0.4, 0.5) is 0 Å². The molecule has 3 rings (SSSR count). The van der Waals surface area contributed by atoms with Crippen LogP contribution in [0.2, 0.25) is 10.0 Å². The molecule has 0 radical (unpaired) electrons. The number of nitrogens with zero attached hydrogens (tertiary/aromatic N) is 4. The smallest absolute Gasteiger partial charge is 0.170 e. The number of aromatic nitrogens is 4. The Hall–Kier alpha value is -0.690. The van der Waals surface area contributed by atoms with Crippen LogP contribution in [-0.2, 0) is 6.54 Å². The highest BCUT2D eigenvalue weighted by Gasteiger charge is 2.22. The minimum absolute atomic E-state index is 0.499. The van der Waals surface area contributed by atoms with Crippen molar-refractivity contribution in [3.63, 3.8) is 0 Å². The zero-order valence-electron chi connectivity index (χ0n) is 9.78. The van der Waals surface area contributed by atoms with Crippen LogP contribution < -0.4 is 5.32 Å². The summed E-state index contributed by atoms with van der Waals surface area (Å²) in [6, 6.07) is 4.12. The molecule has 0 aliphatic heterocycles.